The van der Waals surface area contributed by atoms with Crippen LogP contribution in [-0.4, -0.2) is 5.75 Å². The van der Waals surface area contributed by atoms with Gasteiger partial charge < -0.3 is 0 Å². The van der Waals surface area contributed by atoms with Crippen LogP contribution in [0, 0.1) is 5.75 Å². The quantitative estimate of drug-likeness (QED) is 0.371. The first-order valence-electron chi connectivity index (χ1n) is 2.85. The highest BCUT2D eigenvalue weighted by molar-refractivity contribution is 8.30. The summed E-state index contributed by atoms with van der Waals surface area (Å²) in [6, 6.07) is 0. The summed E-state index contributed by atoms with van der Waals surface area (Å²) in [6.07, 6.45) is 3.58. The molecule has 46 valence electrons. The number of hydrogen-bond donors (Lipinski definition) is 0. The molecule has 0 aliphatic carbocycles. The van der Waals surface area contributed by atoms with Gasteiger partial charge in [0.05, 0.1) is 0 Å². The van der Waals surface area contributed by atoms with Gasteiger partial charge in [0.2, 0.25) is 0 Å². The van der Waals surface area contributed by atoms with E-state index in [2.05, 4.69) is 5.75 Å². The van der Waals surface area contributed by atoms with Crippen LogP contribution in [-0.2, 0) is 8.67 Å². The summed E-state index contributed by atoms with van der Waals surface area (Å²) in [7, 11) is -1.08. The van der Waals surface area contributed by atoms with Crippen LogP contribution in [0.4, 0.5) is 0 Å². The van der Waals surface area contributed by atoms with E-state index in [1.165, 1.54) is 12.8 Å². The average molecular weight is 132 g/mol. The van der Waals surface area contributed by atoms with Crippen LogP contribution in [0.1, 0.15) is 19.3 Å². The van der Waals surface area contributed by atoms with Crippen molar-refractivity contribution in [1.82, 2.24) is 0 Å². The predicted molar refractivity (Wildman–Crippen MR) is 31.7 cm³/mol. The monoisotopic (exact) mass is 132 g/mol. The highest BCUT2D eigenvalue weighted by atomic mass is 32.3. The molecule has 8 heavy (non-hydrogen) atoms. The maximum atomic E-state index is 4.81. The normalized spacial score (nSPS) is 37.0. The first-order chi connectivity index (χ1) is 3.91. The van der Waals surface area contributed by atoms with Gasteiger partial charge >= 0.3 is 0 Å². The van der Waals surface area contributed by atoms with E-state index in [1.807, 2.05) is 0 Å². The molecule has 0 atom stereocenters. The first-order valence-corrected chi connectivity index (χ1v) is 4.50. The zero-order chi connectivity index (χ0) is 5.45. The molecule has 2 radical (unpaired) electrons. The molecule has 2 heterocycles. The van der Waals surface area contributed by atoms with Gasteiger partial charge in [-0.3, -0.25) is 0 Å². The van der Waals surface area contributed by atoms with Crippen molar-refractivity contribution in [2.75, 3.05) is 5.75 Å². The Morgan fingerprint density at radius 2 is 2.12 bits per heavy atom. The van der Waals surface area contributed by atoms with E-state index in [4.69, 9.17) is 8.67 Å². The molecule has 0 N–H and O–H groups in total. The highest BCUT2D eigenvalue weighted by Crippen LogP contribution is 2.70. The third-order valence-electron chi connectivity index (χ3n) is 1.39. The molecule has 0 amide bonds. The van der Waals surface area contributed by atoms with E-state index in [0.717, 1.165) is 12.2 Å². The Morgan fingerprint density at radius 3 is 2.50 bits per heavy atom. The third-order valence-corrected chi connectivity index (χ3v) is 3.33. The Labute approximate surface area is 50.8 Å². The highest BCUT2D eigenvalue weighted by Gasteiger charge is 2.40. The fourth-order valence-electron chi connectivity index (χ4n) is 0.867. The molecule has 2 fully saturated rings. The van der Waals surface area contributed by atoms with Gasteiger partial charge in [0.15, 0.2) is 0 Å². The minimum Gasteiger partial charge on any atom is -0.117 e. The summed E-state index contributed by atoms with van der Waals surface area (Å²) in [5, 5.41) is 0. The molecule has 0 aromatic rings. The lowest BCUT2D eigenvalue weighted by molar-refractivity contribution is 0.0850. The van der Waals surface area contributed by atoms with Crippen LogP contribution in [0.15, 0.2) is 0 Å². The lowest BCUT2D eigenvalue weighted by atomic mass is 10.3. The Kier molecular flexibility index (Phi) is 1.03. The molecule has 2 nitrogen and oxygen atoms in total. The van der Waals surface area contributed by atoms with Gasteiger partial charge in [-0.1, -0.05) is 8.67 Å². The molecule has 2 aliphatic rings. The van der Waals surface area contributed by atoms with Crippen LogP contribution in [0.2, 0.25) is 0 Å². The van der Waals surface area contributed by atoms with E-state index in [9.17, 15) is 0 Å². The summed E-state index contributed by atoms with van der Waals surface area (Å²) in [5.74, 6) is 4.30. The number of rotatable bonds is 0. The van der Waals surface area contributed by atoms with Crippen LogP contribution >= 0.6 is 10.6 Å². The second-order valence-corrected chi connectivity index (χ2v) is 4.25. The maximum Gasteiger partial charge on any atom is 0.116 e. The van der Waals surface area contributed by atoms with Crippen molar-refractivity contribution >= 4 is 10.6 Å². The molecule has 0 saturated carbocycles. The topological polar surface area (TPSA) is 25.1 Å². The molecule has 2 rings (SSSR count). The molecular weight excluding hydrogens is 124 g/mol. The van der Waals surface area contributed by atoms with Gasteiger partial charge in [-0.25, -0.2) is 0 Å². The standard InChI is InChI=1S/C5H8O2S/c1-2-4-8(5-3-1)6-7-8/h1-4H2. The molecule has 2 aliphatic heterocycles. The first kappa shape index (κ1) is 5.09. The van der Waals surface area contributed by atoms with Crippen LogP contribution in [0.25, 0.3) is 0 Å². The van der Waals surface area contributed by atoms with E-state index < -0.39 is 10.6 Å². The molecular formula is C5H8O2S. The van der Waals surface area contributed by atoms with Crippen molar-refractivity contribution in [2.45, 2.75) is 19.3 Å². The Bertz CT molecular complexity index is 92.6. The van der Waals surface area contributed by atoms with Crippen molar-refractivity contribution in [3.8, 4) is 0 Å². The fourth-order valence-corrected chi connectivity index (χ4v) is 2.55. The Balaban J connectivity index is 1.95. The SMILES string of the molecule is [C]1CCCCS12OO2. The summed E-state index contributed by atoms with van der Waals surface area (Å²) in [5.41, 5.74) is 0. The van der Waals surface area contributed by atoms with Crippen molar-refractivity contribution in [1.29, 1.82) is 0 Å². The zero-order valence-corrected chi connectivity index (χ0v) is 5.37. The van der Waals surface area contributed by atoms with E-state index in [1.54, 1.807) is 0 Å². The average Bonchev–Trinajstić information content (AvgIpc) is 2.52. The van der Waals surface area contributed by atoms with Crippen LogP contribution in [0.3, 0.4) is 0 Å². The zero-order valence-electron chi connectivity index (χ0n) is 4.55. The van der Waals surface area contributed by atoms with Gasteiger partial charge in [0, 0.05) is 5.75 Å². The molecule has 3 heteroatoms. The molecule has 1 spiro atoms. The fraction of sp³-hybridized carbons (Fsp3) is 0.800. The van der Waals surface area contributed by atoms with Gasteiger partial charge in [-0.2, -0.15) is 0 Å². The Morgan fingerprint density at radius 1 is 1.25 bits per heavy atom. The summed E-state index contributed by atoms with van der Waals surface area (Å²) >= 11 is 0. The van der Waals surface area contributed by atoms with Gasteiger partial charge in [0.25, 0.3) is 0 Å². The van der Waals surface area contributed by atoms with E-state index in [-0.39, 0.29) is 0 Å². The van der Waals surface area contributed by atoms with Crippen molar-refractivity contribution in [3.05, 3.63) is 5.75 Å². The smallest absolute Gasteiger partial charge is 0.116 e. The molecule has 0 aromatic carbocycles. The van der Waals surface area contributed by atoms with E-state index >= 15 is 0 Å². The van der Waals surface area contributed by atoms with E-state index in [0.29, 0.717) is 0 Å². The summed E-state index contributed by atoms with van der Waals surface area (Å²) in [6.45, 7) is 0. The van der Waals surface area contributed by atoms with Gasteiger partial charge in [0.1, 0.15) is 5.75 Å². The van der Waals surface area contributed by atoms with Crippen LogP contribution < -0.4 is 0 Å². The maximum absolute atomic E-state index is 4.81. The second kappa shape index (κ2) is 1.62. The predicted octanol–water partition coefficient (Wildman–Crippen LogP) is 1.81. The lowest BCUT2D eigenvalue weighted by Crippen LogP contribution is -1.97. The second-order valence-electron chi connectivity index (χ2n) is 2.06. The summed E-state index contributed by atoms with van der Waals surface area (Å²) in [4.78, 5) is 0. The van der Waals surface area contributed by atoms with Gasteiger partial charge in [-0.15, -0.1) is 10.6 Å². The van der Waals surface area contributed by atoms with Crippen molar-refractivity contribution in [3.63, 3.8) is 0 Å². The van der Waals surface area contributed by atoms with Crippen molar-refractivity contribution in [2.24, 2.45) is 0 Å². The van der Waals surface area contributed by atoms with Crippen molar-refractivity contribution < 1.29 is 8.67 Å². The largest absolute Gasteiger partial charge is 0.117 e. The van der Waals surface area contributed by atoms with Crippen LogP contribution in [0.5, 0.6) is 0 Å². The lowest BCUT2D eigenvalue weighted by Gasteiger charge is -2.17. The molecule has 0 aromatic heterocycles. The third kappa shape index (κ3) is 0.747. The Hall–Kier alpha value is 0.270. The molecule has 2 saturated heterocycles. The van der Waals surface area contributed by atoms with Gasteiger partial charge in [-0.05, 0) is 19.3 Å². The minimum absolute atomic E-state index is 1.06. The molecule has 0 unspecified atom stereocenters. The minimum atomic E-state index is -1.08. The number of hydrogen-bond acceptors (Lipinski definition) is 2. The summed E-state index contributed by atoms with van der Waals surface area (Å²) < 4.78 is 9.62. The molecule has 0 bridgehead atoms.